The Morgan fingerprint density at radius 3 is 2.53 bits per heavy atom. The van der Waals surface area contributed by atoms with Gasteiger partial charge in [-0.1, -0.05) is 6.08 Å². The van der Waals surface area contributed by atoms with E-state index < -0.39 is 0 Å². The second-order valence-electron chi connectivity index (χ2n) is 3.83. The lowest BCUT2D eigenvalue weighted by Crippen LogP contribution is -2.25. The Morgan fingerprint density at radius 1 is 1.40 bits per heavy atom. The molecule has 0 aliphatic heterocycles. The van der Waals surface area contributed by atoms with Crippen LogP contribution in [-0.4, -0.2) is 12.6 Å². The molecule has 1 fully saturated rings. The highest BCUT2D eigenvalue weighted by molar-refractivity contribution is 5.51. The van der Waals surface area contributed by atoms with Crippen LogP contribution in [0.25, 0.3) is 0 Å². The maximum absolute atomic E-state index is 8.71. The molecule has 0 unspecified atom stereocenters. The molecule has 0 radical (unpaired) electrons. The monoisotopic (exact) mass is 198 g/mol. The molecule has 2 nitrogen and oxygen atoms in total. The number of nitrogens with zero attached hydrogens (tertiary/aromatic N) is 2. The van der Waals surface area contributed by atoms with Gasteiger partial charge in [0.15, 0.2) is 0 Å². The summed E-state index contributed by atoms with van der Waals surface area (Å²) >= 11 is 0. The molecular formula is C13H14N2. The zero-order valence-corrected chi connectivity index (χ0v) is 8.69. The summed E-state index contributed by atoms with van der Waals surface area (Å²) in [5.74, 6) is 0. The maximum Gasteiger partial charge on any atom is 0.0991 e. The van der Waals surface area contributed by atoms with Crippen molar-refractivity contribution in [3.63, 3.8) is 0 Å². The Balaban J connectivity index is 2.18. The van der Waals surface area contributed by atoms with Crippen LogP contribution in [0.4, 0.5) is 5.69 Å². The van der Waals surface area contributed by atoms with E-state index in [1.54, 1.807) is 0 Å². The molecule has 76 valence electrons. The van der Waals surface area contributed by atoms with Gasteiger partial charge in [0, 0.05) is 18.3 Å². The summed E-state index contributed by atoms with van der Waals surface area (Å²) in [6.45, 7) is 4.66. The van der Waals surface area contributed by atoms with Crippen molar-refractivity contribution >= 4 is 5.69 Å². The molecule has 0 spiro atoms. The SMILES string of the molecule is C=CCN(c1ccc(C#N)cc1)C1CC1. The van der Waals surface area contributed by atoms with Crippen LogP contribution < -0.4 is 4.90 Å². The quantitative estimate of drug-likeness (QED) is 0.695. The van der Waals surface area contributed by atoms with Crippen molar-refractivity contribution in [1.82, 2.24) is 0 Å². The number of benzene rings is 1. The zero-order valence-electron chi connectivity index (χ0n) is 8.69. The summed E-state index contributed by atoms with van der Waals surface area (Å²) in [4.78, 5) is 2.34. The minimum Gasteiger partial charge on any atom is -0.365 e. The van der Waals surface area contributed by atoms with Gasteiger partial charge in [-0.2, -0.15) is 5.26 Å². The highest BCUT2D eigenvalue weighted by Gasteiger charge is 2.28. The number of anilines is 1. The molecule has 0 amide bonds. The van der Waals surface area contributed by atoms with Gasteiger partial charge in [-0.3, -0.25) is 0 Å². The molecule has 0 N–H and O–H groups in total. The van der Waals surface area contributed by atoms with Gasteiger partial charge in [-0.25, -0.2) is 0 Å². The Hall–Kier alpha value is -1.75. The first-order valence-corrected chi connectivity index (χ1v) is 5.23. The lowest BCUT2D eigenvalue weighted by molar-refractivity contribution is 0.862. The van der Waals surface area contributed by atoms with E-state index in [1.165, 1.54) is 18.5 Å². The van der Waals surface area contributed by atoms with E-state index in [9.17, 15) is 0 Å². The molecule has 1 aliphatic carbocycles. The van der Waals surface area contributed by atoms with Gasteiger partial charge < -0.3 is 4.90 Å². The first-order valence-electron chi connectivity index (χ1n) is 5.23. The molecular weight excluding hydrogens is 184 g/mol. The van der Waals surface area contributed by atoms with Crippen LogP contribution in [0, 0.1) is 11.3 Å². The third-order valence-electron chi connectivity index (χ3n) is 2.64. The van der Waals surface area contributed by atoms with E-state index in [4.69, 9.17) is 5.26 Å². The normalized spacial score (nSPS) is 14.3. The van der Waals surface area contributed by atoms with Gasteiger partial charge in [-0.05, 0) is 37.1 Å². The van der Waals surface area contributed by atoms with E-state index in [1.807, 2.05) is 30.3 Å². The van der Waals surface area contributed by atoms with Gasteiger partial charge in [0.1, 0.15) is 0 Å². The average Bonchev–Trinajstić information content (AvgIpc) is 3.10. The van der Waals surface area contributed by atoms with E-state index in [-0.39, 0.29) is 0 Å². The minimum atomic E-state index is 0.677. The molecule has 2 rings (SSSR count). The fraction of sp³-hybridized carbons (Fsp3) is 0.308. The van der Waals surface area contributed by atoms with Crippen molar-refractivity contribution in [2.24, 2.45) is 0 Å². The van der Waals surface area contributed by atoms with Gasteiger partial charge in [0.2, 0.25) is 0 Å². The smallest absolute Gasteiger partial charge is 0.0991 e. The number of nitriles is 1. The standard InChI is InChI=1S/C13H14N2/c1-2-9-15(13-7-8-13)12-5-3-11(10-14)4-6-12/h2-6,13H,1,7-9H2. The minimum absolute atomic E-state index is 0.677. The molecule has 0 heterocycles. The molecule has 15 heavy (non-hydrogen) atoms. The molecule has 1 aromatic carbocycles. The highest BCUT2D eigenvalue weighted by atomic mass is 15.2. The van der Waals surface area contributed by atoms with Crippen LogP contribution >= 0.6 is 0 Å². The van der Waals surface area contributed by atoms with Crippen LogP contribution in [-0.2, 0) is 0 Å². The Bertz CT molecular complexity index is 382. The fourth-order valence-electron chi connectivity index (χ4n) is 1.72. The Kier molecular flexibility index (Phi) is 2.73. The van der Waals surface area contributed by atoms with E-state index in [0.717, 1.165) is 6.54 Å². The van der Waals surface area contributed by atoms with Crippen LogP contribution in [0.5, 0.6) is 0 Å². The number of hydrogen-bond donors (Lipinski definition) is 0. The van der Waals surface area contributed by atoms with Crippen molar-refractivity contribution in [1.29, 1.82) is 5.26 Å². The Morgan fingerprint density at radius 2 is 2.07 bits per heavy atom. The molecule has 1 aromatic rings. The fourth-order valence-corrected chi connectivity index (χ4v) is 1.72. The molecule has 1 saturated carbocycles. The summed E-state index contributed by atoms with van der Waals surface area (Å²) in [6.07, 6.45) is 4.47. The summed E-state index contributed by atoms with van der Waals surface area (Å²) < 4.78 is 0. The predicted octanol–water partition coefficient (Wildman–Crippen LogP) is 2.71. The van der Waals surface area contributed by atoms with Crippen LogP contribution in [0.15, 0.2) is 36.9 Å². The topological polar surface area (TPSA) is 27.0 Å². The van der Waals surface area contributed by atoms with Gasteiger partial charge in [-0.15, -0.1) is 6.58 Å². The summed E-state index contributed by atoms with van der Waals surface area (Å²) in [5, 5.41) is 8.71. The highest BCUT2D eigenvalue weighted by Crippen LogP contribution is 2.31. The number of rotatable bonds is 4. The Labute approximate surface area is 90.4 Å². The van der Waals surface area contributed by atoms with Crippen molar-refractivity contribution < 1.29 is 0 Å². The van der Waals surface area contributed by atoms with Gasteiger partial charge >= 0.3 is 0 Å². The number of hydrogen-bond acceptors (Lipinski definition) is 2. The second-order valence-corrected chi connectivity index (χ2v) is 3.83. The molecule has 0 aromatic heterocycles. The molecule has 0 saturated heterocycles. The lowest BCUT2D eigenvalue weighted by atomic mass is 10.2. The predicted molar refractivity (Wildman–Crippen MR) is 61.7 cm³/mol. The van der Waals surface area contributed by atoms with Crippen LogP contribution in [0.1, 0.15) is 18.4 Å². The van der Waals surface area contributed by atoms with Crippen molar-refractivity contribution in [3.8, 4) is 6.07 Å². The molecule has 2 heteroatoms. The van der Waals surface area contributed by atoms with Crippen molar-refractivity contribution in [3.05, 3.63) is 42.5 Å². The van der Waals surface area contributed by atoms with E-state index in [0.29, 0.717) is 11.6 Å². The first-order chi connectivity index (χ1) is 7.35. The third kappa shape index (κ3) is 2.19. The summed E-state index contributed by atoms with van der Waals surface area (Å²) in [7, 11) is 0. The molecule has 1 aliphatic rings. The van der Waals surface area contributed by atoms with Crippen LogP contribution in [0.2, 0.25) is 0 Å². The van der Waals surface area contributed by atoms with E-state index in [2.05, 4.69) is 17.5 Å². The lowest BCUT2D eigenvalue weighted by Gasteiger charge is -2.22. The molecule has 0 atom stereocenters. The first kappa shape index (κ1) is 9.79. The maximum atomic E-state index is 8.71. The zero-order chi connectivity index (χ0) is 10.7. The van der Waals surface area contributed by atoms with Crippen molar-refractivity contribution in [2.45, 2.75) is 18.9 Å². The molecule has 0 bridgehead atoms. The van der Waals surface area contributed by atoms with Gasteiger partial charge in [0.25, 0.3) is 0 Å². The second kappa shape index (κ2) is 4.18. The average molecular weight is 198 g/mol. The third-order valence-corrected chi connectivity index (χ3v) is 2.64. The largest absolute Gasteiger partial charge is 0.365 e. The summed E-state index contributed by atoms with van der Waals surface area (Å²) in [6, 6.07) is 10.6. The van der Waals surface area contributed by atoms with Crippen LogP contribution in [0.3, 0.4) is 0 Å². The summed E-state index contributed by atoms with van der Waals surface area (Å²) in [5.41, 5.74) is 1.91. The van der Waals surface area contributed by atoms with Crippen molar-refractivity contribution in [2.75, 3.05) is 11.4 Å². The van der Waals surface area contributed by atoms with E-state index >= 15 is 0 Å². The van der Waals surface area contributed by atoms with Gasteiger partial charge in [0.05, 0.1) is 11.6 Å².